The van der Waals surface area contributed by atoms with Crippen LogP contribution in [0.5, 0.6) is 0 Å². The molecule has 0 bridgehead atoms. The van der Waals surface area contributed by atoms with Gasteiger partial charge in [0.05, 0.1) is 0 Å². The van der Waals surface area contributed by atoms with Gasteiger partial charge < -0.3 is 20.6 Å². The van der Waals surface area contributed by atoms with E-state index >= 15 is 0 Å². The maximum absolute atomic E-state index is 12.3. The van der Waals surface area contributed by atoms with Gasteiger partial charge in [-0.3, -0.25) is 9.59 Å². The predicted octanol–water partition coefficient (Wildman–Crippen LogP) is 0.550. The number of urea groups is 1. The van der Waals surface area contributed by atoms with Crippen molar-refractivity contribution in [3.8, 4) is 0 Å². The molecule has 0 radical (unpaired) electrons. The molecule has 20 heavy (non-hydrogen) atoms. The van der Waals surface area contributed by atoms with E-state index in [9.17, 15) is 14.4 Å². The maximum Gasteiger partial charge on any atom is 0.318 e. The van der Waals surface area contributed by atoms with E-state index in [2.05, 4.69) is 10.6 Å². The van der Waals surface area contributed by atoms with Gasteiger partial charge in [-0.2, -0.15) is 0 Å². The Bertz CT molecular complexity index is 418. The van der Waals surface area contributed by atoms with Gasteiger partial charge in [-0.1, -0.05) is 0 Å². The monoisotopic (exact) mass is 285 g/mol. The standard InChI is InChI=1S/C13H23N3O4/c1-12(2,6-5-9(17)18)15-11(20)16-8-7-14-10(19)13(16,3)4/h5-8H2,1-4H3,(H,14,19)(H,15,20)(H,17,18). The number of carbonyl (C=O) groups excluding carboxylic acids is 2. The molecule has 0 aromatic carbocycles. The second kappa shape index (κ2) is 5.68. The molecule has 1 aliphatic rings. The number of rotatable bonds is 4. The van der Waals surface area contributed by atoms with E-state index in [1.807, 2.05) is 0 Å². The van der Waals surface area contributed by atoms with Gasteiger partial charge in [0.25, 0.3) is 0 Å². The van der Waals surface area contributed by atoms with Crippen LogP contribution in [-0.4, -0.2) is 52.1 Å². The Kier molecular flexibility index (Phi) is 4.62. The molecule has 7 nitrogen and oxygen atoms in total. The van der Waals surface area contributed by atoms with Gasteiger partial charge in [0.2, 0.25) is 5.91 Å². The number of carboxylic acid groups (broad SMARTS) is 1. The molecule has 0 spiro atoms. The zero-order chi connectivity index (χ0) is 15.6. The third-order valence-corrected chi connectivity index (χ3v) is 3.51. The molecule has 0 saturated carbocycles. The molecule has 0 atom stereocenters. The highest BCUT2D eigenvalue weighted by molar-refractivity contribution is 5.91. The van der Waals surface area contributed by atoms with Crippen LogP contribution in [0.1, 0.15) is 40.5 Å². The first-order chi connectivity index (χ1) is 9.06. The lowest BCUT2D eigenvalue weighted by Crippen LogP contribution is -2.66. The van der Waals surface area contributed by atoms with Crippen molar-refractivity contribution < 1.29 is 19.5 Å². The number of amides is 3. The van der Waals surface area contributed by atoms with E-state index in [1.165, 1.54) is 4.90 Å². The number of piperazine rings is 1. The first-order valence-electron chi connectivity index (χ1n) is 6.66. The fraction of sp³-hybridized carbons (Fsp3) is 0.769. The van der Waals surface area contributed by atoms with E-state index in [0.717, 1.165) is 0 Å². The molecule has 1 heterocycles. The summed E-state index contributed by atoms with van der Waals surface area (Å²) in [5.74, 6) is -1.09. The molecule has 0 aliphatic carbocycles. The van der Waals surface area contributed by atoms with Crippen molar-refractivity contribution in [2.45, 2.75) is 51.6 Å². The topological polar surface area (TPSA) is 98.7 Å². The van der Waals surface area contributed by atoms with Crippen molar-refractivity contribution in [1.29, 1.82) is 0 Å². The number of carboxylic acids is 1. The van der Waals surface area contributed by atoms with Crippen LogP contribution < -0.4 is 10.6 Å². The summed E-state index contributed by atoms with van der Waals surface area (Å²) in [5, 5.41) is 14.2. The quantitative estimate of drug-likeness (QED) is 0.702. The lowest BCUT2D eigenvalue weighted by Gasteiger charge is -2.42. The molecule has 114 valence electrons. The van der Waals surface area contributed by atoms with Crippen molar-refractivity contribution in [2.24, 2.45) is 0 Å². The summed E-state index contributed by atoms with van der Waals surface area (Å²) in [7, 11) is 0. The Morgan fingerprint density at radius 1 is 1.45 bits per heavy atom. The number of aliphatic carboxylic acids is 1. The zero-order valence-corrected chi connectivity index (χ0v) is 12.4. The summed E-state index contributed by atoms with van der Waals surface area (Å²) in [6.07, 6.45) is 0.311. The first-order valence-corrected chi connectivity index (χ1v) is 6.66. The molecule has 0 unspecified atom stereocenters. The highest BCUT2D eigenvalue weighted by Crippen LogP contribution is 2.19. The molecule has 3 amide bonds. The number of hydrogen-bond donors (Lipinski definition) is 3. The van der Waals surface area contributed by atoms with Gasteiger partial charge in [0.15, 0.2) is 0 Å². The maximum atomic E-state index is 12.3. The lowest BCUT2D eigenvalue weighted by atomic mass is 9.97. The summed E-state index contributed by atoms with van der Waals surface area (Å²) in [5.41, 5.74) is -1.55. The molecule has 3 N–H and O–H groups in total. The third-order valence-electron chi connectivity index (χ3n) is 3.51. The molecule has 7 heteroatoms. The minimum atomic E-state index is -0.911. The van der Waals surface area contributed by atoms with Gasteiger partial charge >= 0.3 is 12.0 Å². The fourth-order valence-corrected chi connectivity index (χ4v) is 2.09. The van der Waals surface area contributed by atoms with E-state index in [1.54, 1.807) is 27.7 Å². The molecule has 1 rings (SSSR count). The number of nitrogens with zero attached hydrogens (tertiary/aromatic N) is 1. The van der Waals surface area contributed by atoms with Crippen molar-refractivity contribution in [2.75, 3.05) is 13.1 Å². The Hall–Kier alpha value is -1.79. The van der Waals surface area contributed by atoms with Gasteiger partial charge in [-0.05, 0) is 34.1 Å². The van der Waals surface area contributed by atoms with Gasteiger partial charge in [0.1, 0.15) is 5.54 Å². The third kappa shape index (κ3) is 3.85. The normalized spacial score (nSPS) is 18.4. The van der Waals surface area contributed by atoms with E-state index in [0.29, 0.717) is 19.5 Å². The smallest absolute Gasteiger partial charge is 0.318 e. The summed E-state index contributed by atoms with van der Waals surface area (Å²) >= 11 is 0. The molecule has 1 saturated heterocycles. The zero-order valence-electron chi connectivity index (χ0n) is 12.4. The lowest BCUT2D eigenvalue weighted by molar-refractivity contribution is -0.137. The minimum absolute atomic E-state index is 0.0167. The van der Waals surface area contributed by atoms with Crippen LogP contribution in [0.4, 0.5) is 4.79 Å². The Labute approximate surface area is 118 Å². The summed E-state index contributed by atoms with van der Waals surface area (Å²) in [6, 6.07) is -0.347. The second-order valence-electron chi connectivity index (χ2n) is 6.17. The van der Waals surface area contributed by atoms with Crippen LogP contribution in [0.25, 0.3) is 0 Å². The van der Waals surface area contributed by atoms with Crippen LogP contribution in [-0.2, 0) is 9.59 Å². The van der Waals surface area contributed by atoms with Crippen molar-refractivity contribution in [3.05, 3.63) is 0 Å². The summed E-state index contributed by atoms with van der Waals surface area (Å²) < 4.78 is 0. The second-order valence-corrected chi connectivity index (χ2v) is 6.17. The van der Waals surface area contributed by atoms with Gasteiger partial charge in [-0.15, -0.1) is 0 Å². The van der Waals surface area contributed by atoms with Crippen molar-refractivity contribution >= 4 is 17.9 Å². The SMILES string of the molecule is CC(C)(CCC(=O)O)NC(=O)N1CCNC(=O)C1(C)C. The predicted molar refractivity (Wildman–Crippen MR) is 73.3 cm³/mol. The average molecular weight is 285 g/mol. The molecular formula is C13H23N3O4. The Morgan fingerprint density at radius 3 is 2.60 bits per heavy atom. The molecule has 1 fully saturated rings. The number of carbonyl (C=O) groups is 3. The van der Waals surface area contributed by atoms with Gasteiger partial charge in [-0.25, -0.2) is 4.79 Å². The molecule has 1 aliphatic heterocycles. The molecule has 0 aromatic heterocycles. The first kappa shape index (κ1) is 16.3. The molecular weight excluding hydrogens is 262 g/mol. The Morgan fingerprint density at radius 2 is 2.05 bits per heavy atom. The number of nitrogens with one attached hydrogen (secondary N) is 2. The average Bonchev–Trinajstić information content (AvgIpc) is 2.29. The fourth-order valence-electron chi connectivity index (χ4n) is 2.09. The van der Waals surface area contributed by atoms with E-state index in [-0.39, 0.29) is 18.4 Å². The van der Waals surface area contributed by atoms with Crippen LogP contribution in [0.2, 0.25) is 0 Å². The van der Waals surface area contributed by atoms with Crippen LogP contribution >= 0.6 is 0 Å². The highest BCUT2D eigenvalue weighted by atomic mass is 16.4. The summed E-state index contributed by atoms with van der Waals surface area (Å²) in [4.78, 5) is 36.2. The Balaban J connectivity index is 2.70. The van der Waals surface area contributed by atoms with Gasteiger partial charge in [0, 0.05) is 25.0 Å². The minimum Gasteiger partial charge on any atom is -0.481 e. The largest absolute Gasteiger partial charge is 0.481 e. The molecule has 0 aromatic rings. The van der Waals surface area contributed by atoms with Crippen molar-refractivity contribution in [1.82, 2.24) is 15.5 Å². The van der Waals surface area contributed by atoms with Crippen LogP contribution in [0.15, 0.2) is 0 Å². The number of hydrogen-bond acceptors (Lipinski definition) is 3. The summed E-state index contributed by atoms with van der Waals surface area (Å²) in [6.45, 7) is 7.76. The van der Waals surface area contributed by atoms with Crippen LogP contribution in [0.3, 0.4) is 0 Å². The van der Waals surface area contributed by atoms with E-state index in [4.69, 9.17) is 5.11 Å². The van der Waals surface area contributed by atoms with E-state index < -0.39 is 17.0 Å². The van der Waals surface area contributed by atoms with Crippen molar-refractivity contribution in [3.63, 3.8) is 0 Å². The van der Waals surface area contributed by atoms with Crippen LogP contribution in [0, 0.1) is 0 Å². The highest BCUT2D eigenvalue weighted by Gasteiger charge is 2.41.